The molecule has 2 heterocycles. The lowest BCUT2D eigenvalue weighted by Gasteiger charge is -2.38. The minimum atomic E-state index is 0.331. The van der Waals surface area contributed by atoms with Crippen LogP contribution in [0, 0.1) is 11.3 Å². The number of nitrogen functional groups attached to an aromatic ring is 1. The van der Waals surface area contributed by atoms with E-state index in [1.54, 1.807) is 6.20 Å². The van der Waals surface area contributed by atoms with Crippen molar-refractivity contribution >= 4 is 5.82 Å². The van der Waals surface area contributed by atoms with Gasteiger partial charge in [-0.15, -0.1) is 0 Å². The topological polar surface area (TPSA) is 69.2 Å². The van der Waals surface area contributed by atoms with E-state index in [1.807, 2.05) is 30.3 Å². The van der Waals surface area contributed by atoms with E-state index in [2.05, 4.69) is 33.8 Å². The Bertz CT molecular complexity index is 729. The Labute approximate surface area is 143 Å². The minimum absolute atomic E-state index is 0.331. The van der Waals surface area contributed by atoms with E-state index in [1.165, 1.54) is 11.1 Å². The van der Waals surface area contributed by atoms with Gasteiger partial charge in [0.1, 0.15) is 5.82 Å². The van der Waals surface area contributed by atoms with Gasteiger partial charge in [-0.25, -0.2) is 4.98 Å². The normalized spacial score (nSPS) is 17.3. The molecule has 5 nitrogen and oxygen atoms in total. The average molecular weight is 321 g/mol. The Balaban J connectivity index is 1.57. The standard InChI is InChI=1S/C19H23N5/c1-15(18-4-2-3-16(11-18)13-20)24-9-7-23(8-10-24)14-17-5-6-22-19(21)12-17/h2-6,11-12,15H,7-10,14H2,1H3,(H2,21,22)/t15-/m0/s1. The molecule has 0 spiro atoms. The van der Waals surface area contributed by atoms with Gasteiger partial charge in [0.15, 0.2) is 0 Å². The predicted octanol–water partition coefficient (Wildman–Crippen LogP) is 2.41. The number of anilines is 1. The van der Waals surface area contributed by atoms with E-state index in [0.717, 1.165) is 38.3 Å². The zero-order valence-electron chi connectivity index (χ0n) is 14.0. The molecule has 1 aromatic carbocycles. The highest BCUT2D eigenvalue weighted by atomic mass is 15.3. The summed E-state index contributed by atoms with van der Waals surface area (Å²) in [5, 5.41) is 9.06. The second kappa shape index (κ2) is 7.43. The Morgan fingerprint density at radius 3 is 2.71 bits per heavy atom. The molecule has 0 aliphatic carbocycles. The van der Waals surface area contributed by atoms with Crippen LogP contribution < -0.4 is 5.73 Å². The lowest BCUT2D eigenvalue weighted by Crippen LogP contribution is -2.46. The van der Waals surface area contributed by atoms with Crippen LogP contribution in [0.3, 0.4) is 0 Å². The van der Waals surface area contributed by atoms with E-state index in [0.29, 0.717) is 11.9 Å². The third-order valence-electron chi connectivity index (χ3n) is 4.70. The van der Waals surface area contributed by atoms with Gasteiger partial charge in [-0.05, 0) is 42.3 Å². The zero-order valence-corrected chi connectivity index (χ0v) is 14.0. The smallest absolute Gasteiger partial charge is 0.123 e. The average Bonchev–Trinajstić information content (AvgIpc) is 2.62. The number of nitrogens with zero attached hydrogens (tertiary/aromatic N) is 4. The van der Waals surface area contributed by atoms with Gasteiger partial charge in [0.05, 0.1) is 11.6 Å². The van der Waals surface area contributed by atoms with Crippen LogP contribution in [0.4, 0.5) is 5.82 Å². The van der Waals surface area contributed by atoms with Crippen molar-refractivity contribution in [2.24, 2.45) is 0 Å². The molecule has 1 aromatic heterocycles. The second-order valence-corrected chi connectivity index (χ2v) is 6.31. The first-order valence-electron chi connectivity index (χ1n) is 8.32. The summed E-state index contributed by atoms with van der Waals surface area (Å²) in [7, 11) is 0. The SMILES string of the molecule is C[C@@H](c1cccc(C#N)c1)N1CCN(Cc2ccnc(N)c2)CC1. The number of nitriles is 1. The van der Waals surface area contributed by atoms with Crippen molar-refractivity contribution < 1.29 is 0 Å². The summed E-state index contributed by atoms with van der Waals surface area (Å²) in [6.07, 6.45) is 1.77. The summed E-state index contributed by atoms with van der Waals surface area (Å²) in [6, 6.07) is 14.5. The largest absolute Gasteiger partial charge is 0.384 e. The Morgan fingerprint density at radius 1 is 1.21 bits per heavy atom. The molecule has 0 bridgehead atoms. The summed E-state index contributed by atoms with van der Waals surface area (Å²) in [5.41, 5.74) is 8.91. The van der Waals surface area contributed by atoms with E-state index in [4.69, 9.17) is 11.0 Å². The van der Waals surface area contributed by atoms with Crippen LogP contribution in [0.2, 0.25) is 0 Å². The molecule has 2 aromatic rings. The highest BCUT2D eigenvalue weighted by Gasteiger charge is 2.22. The zero-order chi connectivity index (χ0) is 16.9. The van der Waals surface area contributed by atoms with Crippen LogP contribution in [0.15, 0.2) is 42.6 Å². The molecule has 3 rings (SSSR count). The van der Waals surface area contributed by atoms with E-state index < -0.39 is 0 Å². The van der Waals surface area contributed by atoms with Gasteiger partial charge in [0.2, 0.25) is 0 Å². The van der Waals surface area contributed by atoms with Gasteiger partial charge >= 0.3 is 0 Å². The van der Waals surface area contributed by atoms with E-state index in [9.17, 15) is 0 Å². The first-order chi connectivity index (χ1) is 11.7. The molecular formula is C19H23N5. The highest BCUT2D eigenvalue weighted by Crippen LogP contribution is 2.23. The van der Waals surface area contributed by atoms with Crippen LogP contribution >= 0.6 is 0 Å². The summed E-state index contributed by atoms with van der Waals surface area (Å²) in [6.45, 7) is 7.25. The molecule has 1 aliphatic heterocycles. The van der Waals surface area contributed by atoms with Crippen LogP contribution in [0.5, 0.6) is 0 Å². The van der Waals surface area contributed by atoms with Gasteiger partial charge in [-0.1, -0.05) is 12.1 Å². The van der Waals surface area contributed by atoms with Crippen molar-refractivity contribution in [2.45, 2.75) is 19.5 Å². The molecule has 1 fully saturated rings. The quantitative estimate of drug-likeness (QED) is 0.936. The molecule has 1 atom stereocenters. The number of rotatable bonds is 4. The molecule has 5 heteroatoms. The first-order valence-corrected chi connectivity index (χ1v) is 8.32. The van der Waals surface area contributed by atoms with Crippen molar-refractivity contribution in [1.82, 2.24) is 14.8 Å². The Hall–Kier alpha value is -2.42. The van der Waals surface area contributed by atoms with Gasteiger partial charge in [-0.3, -0.25) is 9.80 Å². The maximum absolute atomic E-state index is 9.06. The fourth-order valence-electron chi connectivity index (χ4n) is 3.24. The number of hydrogen-bond acceptors (Lipinski definition) is 5. The van der Waals surface area contributed by atoms with Crippen LogP contribution in [-0.4, -0.2) is 41.0 Å². The number of benzene rings is 1. The lowest BCUT2D eigenvalue weighted by atomic mass is 10.0. The molecule has 124 valence electrons. The Kier molecular flexibility index (Phi) is 5.09. The van der Waals surface area contributed by atoms with E-state index >= 15 is 0 Å². The van der Waals surface area contributed by atoms with Gasteiger partial charge in [0, 0.05) is 45.0 Å². The van der Waals surface area contributed by atoms with Gasteiger partial charge in [0.25, 0.3) is 0 Å². The Morgan fingerprint density at radius 2 is 2.00 bits per heavy atom. The molecule has 0 unspecified atom stereocenters. The maximum atomic E-state index is 9.06. The number of nitrogens with two attached hydrogens (primary N) is 1. The fraction of sp³-hybridized carbons (Fsp3) is 0.368. The number of piperazine rings is 1. The molecule has 0 radical (unpaired) electrons. The maximum Gasteiger partial charge on any atom is 0.123 e. The summed E-state index contributed by atoms with van der Waals surface area (Å²) < 4.78 is 0. The predicted molar refractivity (Wildman–Crippen MR) is 95.1 cm³/mol. The summed E-state index contributed by atoms with van der Waals surface area (Å²) in [5.74, 6) is 0.581. The monoisotopic (exact) mass is 321 g/mol. The minimum Gasteiger partial charge on any atom is -0.384 e. The van der Waals surface area contributed by atoms with E-state index in [-0.39, 0.29) is 0 Å². The summed E-state index contributed by atoms with van der Waals surface area (Å²) >= 11 is 0. The molecule has 2 N–H and O–H groups in total. The molecular weight excluding hydrogens is 298 g/mol. The third kappa shape index (κ3) is 3.91. The van der Waals surface area contributed by atoms with Crippen molar-refractivity contribution in [2.75, 3.05) is 31.9 Å². The lowest BCUT2D eigenvalue weighted by molar-refractivity contribution is 0.0978. The van der Waals surface area contributed by atoms with Crippen molar-refractivity contribution in [3.8, 4) is 6.07 Å². The number of hydrogen-bond donors (Lipinski definition) is 1. The first kappa shape index (κ1) is 16.4. The summed E-state index contributed by atoms with van der Waals surface area (Å²) in [4.78, 5) is 8.97. The van der Waals surface area contributed by atoms with Crippen molar-refractivity contribution in [3.63, 3.8) is 0 Å². The van der Waals surface area contributed by atoms with Crippen LogP contribution in [0.1, 0.15) is 29.7 Å². The number of pyridine rings is 1. The van der Waals surface area contributed by atoms with Crippen LogP contribution in [0.25, 0.3) is 0 Å². The third-order valence-corrected chi connectivity index (χ3v) is 4.70. The molecule has 0 saturated carbocycles. The molecule has 24 heavy (non-hydrogen) atoms. The molecule has 1 saturated heterocycles. The van der Waals surface area contributed by atoms with Gasteiger partial charge < -0.3 is 5.73 Å². The molecule has 0 amide bonds. The van der Waals surface area contributed by atoms with Crippen molar-refractivity contribution in [1.29, 1.82) is 5.26 Å². The van der Waals surface area contributed by atoms with Gasteiger partial charge in [-0.2, -0.15) is 5.26 Å². The highest BCUT2D eigenvalue weighted by molar-refractivity contribution is 5.34. The van der Waals surface area contributed by atoms with Crippen LogP contribution in [-0.2, 0) is 6.54 Å². The fourth-order valence-corrected chi connectivity index (χ4v) is 3.24. The second-order valence-electron chi connectivity index (χ2n) is 6.31. The van der Waals surface area contributed by atoms with Crippen molar-refractivity contribution in [3.05, 3.63) is 59.3 Å². The number of aromatic nitrogens is 1. The molecule has 1 aliphatic rings.